The zero-order valence-corrected chi connectivity index (χ0v) is 15.6. The Morgan fingerprint density at radius 3 is 2.73 bits per heavy atom. The van der Waals surface area contributed by atoms with Crippen LogP contribution in [0.3, 0.4) is 0 Å². The lowest BCUT2D eigenvalue weighted by molar-refractivity contribution is 0.363. The fourth-order valence-corrected chi connectivity index (χ4v) is 4.29. The van der Waals surface area contributed by atoms with Crippen molar-refractivity contribution >= 4 is 33.7 Å². The highest BCUT2D eigenvalue weighted by atomic mass is 32.1. The molecule has 0 fully saturated rings. The fourth-order valence-electron chi connectivity index (χ4n) is 2.46. The van der Waals surface area contributed by atoms with E-state index in [1.165, 1.54) is 15.9 Å². The van der Waals surface area contributed by atoms with Gasteiger partial charge in [-0.25, -0.2) is 0 Å². The normalized spacial score (nSPS) is 12.0. The zero-order chi connectivity index (χ0) is 18.1. The minimum absolute atomic E-state index is 0.137. The highest BCUT2D eigenvalue weighted by molar-refractivity contribution is 7.15. The molecule has 0 amide bonds. The third-order valence-corrected chi connectivity index (χ3v) is 5.75. The molecule has 130 valence electrons. The SMILES string of the molecule is C=CCOc1ccc(-c2nc3sc(=Cc4sccc4C)c(=O)n3n2)cc1. The monoisotopic (exact) mass is 381 g/mol. The lowest BCUT2D eigenvalue weighted by Gasteiger charge is -2.02. The molecule has 0 atom stereocenters. The first-order valence-corrected chi connectivity index (χ1v) is 9.65. The molecule has 0 N–H and O–H groups in total. The number of nitrogens with zero attached hydrogens (tertiary/aromatic N) is 3. The van der Waals surface area contributed by atoms with Crippen molar-refractivity contribution < 1.29 is 4.74 Å². The van der Waals surface area contributed by atoms with Gasteiger partial charge in [-0.2, -0.15) is 9.50 Å². The number of thiophene rings is 1. The first kappa shape index (κ1) is 16.7. The summed E-state index contributed by atoms with van der Waals surface area (Å²) < 4.78 is 7.48. The summed E-state index contributed by atoms with van der Waals surface area (Å²) in [5, 5.41) is 6.39. The van der Waals surface area contributed by atoms with Gasteiger partial charge in [0.15, 0.2) is 5.82 Å². The number of hydrogen-bond donors (Lipinski definition) is 0. The largest absolute Gasteiger partial charge is 0.490 e. The van der Waals surface area contributed by atoms with Gasteiger partial charge in [0.25, 0.3) is 5.56 Å². The predicted octanol–water partition coefficient (Wildman–Crippen LogP) is 3.30. The van der Waals surface area contributed by atoms with Crippen molar-refractivity contribution in [1.29, 1.82) is 0 Å². The fraction of sp³-hybridized carbons (Fsp3) is 0.105. The Hall–Kier alpha value is -2.77. The molecule has 0 aliphatic carbocycles. The molecule has 0 spiro atoms. The van der Waals surface area contributed by atoms with E-state index in [4.69, 9.17) is 4.74 Å². The number of rotatable bonds is 5. The molecule has 0 bridgehead atoms. The first-order chi connectivity index (χ1) is 12.7. The van der Waals surface area contributed by atoms with Crippen LogP contribution in [0.4, 0.5) is 0 Å². The maximum absolute atomic E-state index is 12.6. The van der Waals surface area contributed by atoms with E-state index in [1.54, 1.807) is 17.4 Å². The highest BCUT2D eigenvalue weighted by Gasteiger charge is 2.12. The number of thiazole rings is 1. The van der Waals surface area contributed by atoms with Crippen molar-refractivity contribution in [3.05, 3.63) is 73.7 Å². The topological polar surface area (TPSA) is 56.5 Å². The van der Waals surface area contributed by atoms with Crippen molar-refractivity contribution in [2.45, 2.75) is 6.92 Å². The molecule has 7 heteroatoms. The molecule has 5 nitrogen and oxygen atoms in total. The van der Waals surface area contributed by atoms with Crippen LogP contribution in [-0.2, 0) is 0 Å². The summed E-state index contributed by atoms with van der Waals surface area (Å²) in [7, 11) is 0. The lowest BCUT2D eigenvalue weighted by Crippen LogP contribution is -2.23. The van der Waals surface area contributed by atoms with Crippen molar-refractivity contribution in [1.82, 2.24) is 14.6 Å². The smallest absolute Gasteiger partial charge is 0.291 e. The van der Waals surface area contributed by atoms with Gasteiger partial charge in [-0.15, -0.1) is 16.4 Å². The molecule has 0 aliphatic heterocycles. The van der Waals surface area contributed by atoms with Crippen LogP contribution in [-0.4, -0.2) is 21.2 Å². The Labute approximate surface area is 157 Å². The average Bonchev–Trinajstić information content (AvgIpc) is 3.32. The summed E-state index contributed by atoms with van der Waals surface area (Å²) in [6.45, 7) is 6.12. The van der Waals surface area contributed by atoms with Crippen LogP contribution in [0.2, 0.25) is 0 Å². The van der Waals surface area contributed by atoms with Gasteiger partial charge in [0.05, 0.1) is 4.53 Å². The molecule has 3 aromatic heterocycles. The van der Waals surface area contributed by atoms with Crippen molar-refractivity contribution in [3.8, 4) is 17.1 Å². The van der Waals surface area contributed by atoms with Gasteiger partial charge in [0, 0.05) is 10.4 Å². The van der Waals surface area contributed by atoms with E-state index in [9.17, 15) is 4.79 Å². The summed E-state index contributed by atoms with van der Waals surface area (Å²) in [4.78, 5) is 18.8. The van der Waals surface area contributed by atoms with E-state index >= 15 is 0 Å². The average molecular weight is 381 g/mol. The minimum atomic E-state index is -0.137. The number of ether oxygens (including phenoxy) is 1. The second kappa shape index (κ2) is 6.86. The third kappa shape index (κ3) is 3.07. The van der Waals surface area contributed by atoms with Gasteiger partial charge in [-0.1, -0.05) is 24.0 Å². The van der Waals surface area contributed by atoms with Crippen molar-refractivity contribution in [2.24, 2.45) is 0 Å². The molecule has 0 radical (unpaired) electrons. The van der Waals surface area contributed by atoms with Crippen LogP contribution >= 0.6 is 22.7 Å². The van der Waals surface area contributed by atoms with Crippen LogP contribution in [0.1, 0.15) is 10.4 Å². The Balaban J connectivity index is 1.69. The molecule has 4 rings (SSSR count). The van der Waals surface area contributed by atoms with E-state index in [2.05, 4.69) is 16.7 Å². The van der Waals surface area contributed by atoms with Gasteiger partial charge >= 0.3 is 0 Å². The van der Waals surface area contributed by atoms with Crippen LogP contribution < -0.4 is 14.8 Å². The van der Waals surface area contributed by atoms with E-state index in [-0.39, 0.29) is 5.56 Å². The molecular formula is C19H15N3O2S2. The molecule has 26 heavy (non-hydrogen) atoms. The molecule has 4 aromatic rings. The zero-order valence-electron chi connectivity index (χ0n) is 14.0. The molecule has 1 aromatic carbocycles. The van der Waals surface area contributed by atoms with Gasteiger partial charge in [-0.3, -0.25) is 4.79 Å². The summed E-state index contributed by atoms with van der Waals surface area (Å²) in [5.41, 5.74) is 1.86. The van der Waals surface area contributed by atoms with Gasteiger partial charge in [0.1, 0.15) is 12.4 Å². The van der Waals surface area contributed by atoms with Crippen LogP contribution in [0.15, 0.2) is 53.2 Å². The predicted molar refractivity (Wildman–Crippen MR) is 106 cm³/mol. The lowest BCUT2D eigenvalue weighted by atomic mass is 10.2. The second-order valence-electron chi connectivity index (χ2n) is 5.64. The quantitative estimate of drug-likeness (QED) is 0.498. The van der Waals surface area contributed by atoms with Gasteiger partial charge in [0.2, 0.25) is 4.96 Å². The maximum Gasteiger partial charge on any atom is 0.291 e. The van der Waals surface area contributed by atoms with Crippen LogP contribution in [0.25, 0.3) is 22.4 Å². The number of hydrogen-bond acceptors (Lipinski definition) is 6. The number of aromatic nitrogens is 3. The van der Waals surface area contributed by atoms with Crippen molar-refractivity contribution in [2.75, 3.05) is 6.61 Å². The minimum Gasteiger partial charge on any atom is -0.490 e. The number of fused-ring (bicyclic) bond motifs is 1. The molecule has 0 saturated carbocycles. The Bertz CT molecular complexity index is 1190. The molecule has 0 aliphatic rings. The van der Waals surface area contributed by atoms with E-state index in [0.29, 0.717) is 21.9 Å². The van der Waals surface area contributed by atoms with Gasteiger partial charge < -0.3 is 4.74 Å². The second-order valence-corrected chi connectivity index (χ2v) is 7.59. The Kier molecular flexibility index (Phi) is 4.40. The molecule has 0 unspecified atom stereocenters. The van der Waals surface area contributed by atoms with Crippen LogP contribution in [0.5, 0.6) is 5.75 Å². The van der Waals surface area contributed by atoms with E-state index in [0.717, 1.165) is 21.8 Å². The third-order valence-electron chi connectivity index (χ3n) is 3.83. The standard InChI is InChI=1S/C19H15N3O2S2/c1-3-9-24-14-6-4-13(5-7-14)17-20-19-22(21-17)18(23)16(26-19)11-15-12(2)8-10-25-15/h3-8,10-11H,1,9H2,2H3. The Morgan fingerprint density at radius 2 is 2.08 bits per heavy atom. The summed E-state index contributed by atoms with van der Waals surface area (Å²) in [6.07, 6.45) is 3.61. The maximum atomic E-state index is 12.6. The molecular weight excluding hydrogens is 366 g/mol. The molecule has 0 saturated heterocycles. The number of benzene rings is 1. The van der Waals surface area contributed by atoms with Crippen LogP contribution in [0, 0.1) is 6.92 Å². The van der Waals surface area contributed by atoms with Crippen molar-refractivity contribution in [3.63, 3.8) is 0 Å². The van der Waals surface area contributed by atoms with E-state index in [1.807, 2.05) is 48.7 Å². The Morgan fingerprint density at radius 1 is 1.27 bits per heavy atom. The molecule has 3 heterocycles. The summed E-state index contributed by atoms with van der Waals surface area (Å²) >= 11 is 2.97. The first-order valence-electron chi connectivity index (χ1n) is 7.95. The number of aryl methyl sites for hydroxylation is 1. The summed E-state index contributed by atoms with van der Waals surface area (Å²) in [6, 6.07) is 9.50. The van der Waals surface area contributed by atoms with Gasteiger partial charge in [-0.05, 0) is 54.3 Å². The summed E-state index contributed by atoms with van der Waals surface area (Å²) in [5.74, 6) is 1.28. The highest BCUT2D eigenvalue weighted by Crippen LogP contribution is 2.21. The van der Waals surface area contributed by atoms with E-state index < -0.39 is 0 Å².